The first-order chi connectivity index (χ1) is 13.6. The highest BCUT2D eigenvalue weighted by atomic mass is 32.1. The quantitative estimate of drug-likeness (QED) is 0.379. The average molecular weight is 394 g/mol. The van der Waals surface area contributed by atoms with Gasteiger partial charge >= 0.3 is 0 Å². The van der Waals surface area contributed by atoms with E-state index in [1.54, 1.807) is 17.0 Å². The van der Waals surface area contributed by atoms with Gasteiger partial charge in [-0.05, 0) is 54.5 Å². The molecule has 0 spiro atoms. The fourth-order valence-corrected chi connectivity index (χ4v) is 3.61. The van der Waals surface area contributed by atoms with Gasteiger partial charge in [0.05, 0.1) is 23.1 Å². The summed E-state index contributed by atoms with van der Waals surface area (Å²) in [5.41, 5.74) is 3.92. The second-order valence-corrected chi connectivity index (χ2v) is 6.69. The Labute approximate surface area is 165 Å². The molecule has 2 aromatic carbocycles. The lowest BCUT2D eigenvalue weighted by Gasteiger charge is -2.11. The average Bonchev–Trinajstić information content (AvgIpc) is 3.30. The Bertz CT molecular complexity index is 1250. The molecule has 0 amide bonds. The van der Waals surface area contributed by atoms with Crippen molar-refractivity contribution in [3.05, 3.63) is 51.9 Å². The number of benzene rings is 2. The maximum absolute atomic E-state index is 11.0. The lowest BCUT2D eigenvalue weighted by molar-refractivity contribution is 0.476. The number of rotatable bonds is 5. The molecule has 2 N–H and O–H groups in total. The van der Waals surface area contributed by atoms with Crippen molar-refractivity contribution in [2.24, 2.45) is 5.18 Å². The van der Waals surface area contributed by atoms with E-state index < -0.39 is 0 Å². The van der Waals surface area contributed by atoms with Crippen LogP contribution in [0.3, 0.4) is 0 Å². The summed E-state index contributed by atoms with van der Waals surface area (Å²) in [6.07, 6.45) is 2.38. The van der Waals surface area contributed by atoms with Crippen molar-refractivity contribution in [2.45, 2.75) is 26.8 Å². The number of imidazole rings is 1. The van der Waals surface area contributed by atoms with Crippen LogP contribution in [0.4, 0.5) is 5.69 Å². The van der Waals surface area contributed by atoms with Gasteiger partial charge in [-0.15, -0.1) is 4.91 Å². The number of nitrogens with one attached hydrogen (secondary N) is 1. The third-order valence-corrected chi connectivity index (χ3v) is 5.07. The Balaban J connectivity index is 2.00. The normalized spacial score (nSPS) is 11.2. The molecule has 0 fully saturated rings. The number of aromatic hydroxyl groups is 1. The number of nitroso groups, excluding NO2 is 1. The van der Waals surface area contributed by atoms with Crippen LogP contribution >= 0.6 is 12.2 Å². The fourth-order valence-electron chi connectivity index (χ4n) is 3.38. The van der Waals surface area contributed by atoms with Gasteiger partial charge in [0.1, 0.15) is 17.0 Å². The van der Waals surface area contributed by atoms with E-state index in [9.17, 15) is 10.0 Å². The summed E-state index contributed by atoms with van der Waals surface area (Å²) in [4.78, 5) is 15.6. The topological polar surface area (TPSA) is 101 Å². The summed E-state index contributed by atoms with van der Waals surface area (Å²) in [5, 5.41) is 20.6. The zero-order valence-electron chi connectivity index (χ0n) is 15.4. The number of fused-ring (bicyclic) bond motifs is 1. The molecule has 8 nitrogen and oxygen atoms in total. The number of hydrogen-bond acceptors (Lipinski definition) is 6. The SMILES string of the molecule is CCc1cc(-c2n[nH]c(=S)n2-c2cccc3c2ncn3CC)c(O)cc1N=O. The second kappa shape index (κ2) is 7.01. The summed E-state index contributed by atoms with van der Waals surface area (Å²) in [6.45, 7) is 4.76. The minimum absolute atomic E-state index is 0.0895. The molecule has 0 aliphatic carbocycles. The fraction of sp³-hybridized carbons (Fsp3) is 0.211. The van der Waals surface area contributed by atoms with E-state index in [4.69, 9.17) is 12.2 Å². The molecular weight excluding hydrogens is 376 g/mol. The molecular formula is C19H18N6O2S. The van der Waals surface area contributed by atoms with Crippen molar-refractivity contribution in [2.75, 3.05) is 0 Å². The highest BCUT2D eigenvalue weighted by Gasteiger charge is 2.19. The number of aromatic nitrogens is 5. The van der Waals surface area contributed by atoms with Crippen LogP contribution < -0.4 is 0 Å². The number of nitrogens with zero attached hydrogens (tertiary/aromatic N) is 5. The summed E-state index contributed by atoms with van der Waals surface area (Å²) >= 11 is 5.47. The lowest BCUT2D eigenvalue weighted by atomic mass is 10.0. The molecule has 0 aliphatic heterocycles. The number of aryl methyl sites for hydroxylation is 2. The van der Waals surface area contributed by atoms with Crippen molar-refractivity contribution < 1.29 is 5.11 Å². The Morgan fingerprint density at radius 3 is 2.82 bits per heavy atom. The summed E-state index contributed by atoms with van der Waals surface area (Å²) < 4.78 is 4.16. The van der Waals surface area contributed by atoms with E-state index in [0.717, 1.165) is 28.8 Å². The molecule has 4 aromatic rings. The summed E-state index contributed by atoms with van der Waals surface area (Å²) in [5.74, 6) is 0.349. The molecule has 2 aromatic heterocycles. The number of H-pyrrole nitrogens is 1. The van der Waals surface area contributed by atoms with Crippen LogP contribution in [-0.2, 0) is 13.0 Å². The van der Waals surface area contributed by atoms with Gasteiger partial charge < -0.3 is 9.67 Å². The molecule has 4 rings (SSSR count). The van der Waals surface area contributed by atoms with E-state index in [2.05, 4.69) is 27.3 Å². The van der Waals surface area contributed by atoms with Gasteiger partial charge in [-0.25, -0.2) is 4.98 Å². The molecule has 2 heterocycles. The predicted molar refractivity (Wildman–Crippen MR) is 110 cm³/mol. The minimum atomic E-state index is -0.0895. The number of hydrogen-bond donors (Lipinski definition) is 2. The smallest absolute Gasteiger partial charge is 0.200 e. The largest absolute Gasteiger partial charge is 0.507 e. The number of phenolic OH excluding ortho intramolecular Hbond substituents is 1. The van der Waals surface area contributed by atoms with E-state index >= 15 is 0 Å². The van der Waals surface area contributed by atoms with Crippen molar-refractivity contribution in [1.29, 1.82) is 0 Å². The van der Waals surface area contributed by atoms with Gasteiger partial charge in [0.2, 0.25) is 0 Å². The zero-order valence-corrected chi connectivity index (χ0v) is 16.2. The third kappa shape index (κ3) is 2.71. The second-order valence-electron chi connectivity index (χ2n) is 6.31. The molecule has 0 bridgehead atoms. The van der Waals surface area contributed by atoms with Crippen molar-refractivity contribution in [1.82, 2.24) is 24.3 Å². The van der Waals surface area contributed by atoms with Gasteiger partial charge in [-0.3, -0.25) is 9.67 Å². The molecule has 142 valence electrons. The monoisotopic (exact) mass is 394 g/mol. The minimum Gasteiger partial charge on any atom is -0.507 e. The first-order valence-corrected chi connectivity index (χ1v) is 9.31. The van der Waals surface area contributed by atoms with Gasteiger partial charge in [-0.2, -0.15) is 5.10 Å². The first-order valence-electron chi connectivity index (χ1n) is 8.90. The Kier molecular flexibility index (Phi) is 4.52. The van der Waals surface area contributed by atoms with E-state index in [1.165, 1.54) is 6.07 Å². The van der Waals surface area contributed by atoms with Gasteiger partial charge in [0.15, 0.2) is 10.6 Å². The Morgan fingerprint density at radius 1 is 1.29 bits per heavy atom. The van der Waals surface area contributed by atoms with Crippen molar-refractivity contribution in [3.8, 4) is 22.8 Å². The molecule has 0 unspecified atom stereocenters. The lowest BCUT2D eigenvalue weighted by Crippen LogP contribution is -2.00. The maximum Gasteiger partial charge on any atom is 0.200 e. The summed E-state index contributed by atoms with van der Waals surface area (Å²) in [7, 11) is 0. The molecule has 0 atom stereocenters. The third-order valence-electron chi connectivity index (χ3n) is 4.80. The van der Waals surface area contributed by atoms with E-state index in [1.807, 2.05) is 29.7 Å². The maximum atomic E-state index is 11.0. The van der Waals surface area contributed by atoms with Crippen LogP contribution in [-0.4, -0.2) is 29.4 Å². The van der Waals surface area contributed by atoms with Crippen molar-refractivity contribution >= 4 is 28.9 Å². The van der Waals surface area contributed by atoms with Crippen LogP contribution in [0.2, 0.25) is 0 Å². The predicted octanol–water partition coefficient (Wildman–Crippen LogP) is 4.63. The van der Waals surface area contributed by atoms with Gasteiger partial charge in [0, 0.05) is 12.6 Å². The first kappa shape index (κ1) is 18.1. The van der Waals surface area contributed by atoms with E-state index in [0.29, 0.717) is 22.6 Å². The highest BCUT2D eigenvalue weighted by molar-refractivity contribution is 7.71. The Hall–Kier alpha value is -3.33. The number of phenols is 1. The zero-order chi connectivity index (χ0) is 19.8. The Morgan fingerprint density at radius 2 is 2.11 bits per heavy atom. The standard InChI is InChI=1S/C19H18N6O2S/c1-3-11-8-12(16(26)9-13(11)23-27)18-21-22-19(28)25(18)15-7-5-6-14-17(15)20-10-24(14)4-2/h5-10,26H,3-4H2,1-2H3,(H,22,28). The molecule has 9 heteroatoms. The van der Waals surface area contributed by atoms with Gasteiger partial charge in [0.25, 0.3) is 0 Å². The van der Waals surface area contributed by atoms with Gasteiger partial charge in [-0.1, -0.05) is 13.0 Å². The van der Waals surface area contributed by atoms with Crippen LogP contribution in [0.15, 0.2) is 41.8 Å². The van der Waals surface area contributed by atoms with Crippen LogP contribution in [0, 0.1) is 9.68 Å². The number of para-hydroxylation sites is 1. The van der Waals surface area contributed by atoms with Crippen LogP contribution in [0.1, 0.15) is 19.4 Å². The molecule has 0 saturated carbocycles. The molecule has 0 aliphatic rings. The molecule has 28 heavy (non-hydrogen) atoms. The summed E-state index contributed by atoms with van der Waals surface area (Å²) in [6, 6.07) is 8.91. The van der Waals surface area contributed by atoms with Crippen molar-refractivity contribution in [3.63, 3.8) is 0 Å². The molecule has 0 saturated heterocycles. The highest BCUT2D eigenvalue weighted by Crippen LogP contribution is 2.36. The molecule has 0 radical (unpaired) electrons. The van der Waals surface area contributed by atoms with E-state index in [-0.39, 0.29) is 11.4 Å². The van der Waals surface area contributed by atoms with Crippen LogP contribution in [0.5, 0.6) is 5.75 Å². The number of aromatic amines is 1. The van der Waals surface area contributed by atoms with Crippen LogP contribution in [0.25, 0.3) is 28.1 Å².